The second-order valence-corrected chi connectivity index (χ2v) is 3.46. The van der Waals surface area contributed by atoms with Gasteiger partial charge >= 0.3 is 6.03 Å². The molecule has 2 aromatic rings. The number of carbonyl (C=O) groups is 2. The molecule has 6 nitrogen and oxygen atoms in total. The Hall–Kier alpha value is -2.63. The van der Waals surface area contributed by atoms with Gasteiger partial charge in [-0.15, -0.1) is 0 Å². The highest BCUT2D eigenvalue weighted by Crippen LogP contribution is 2.19. The number of urea groups is 1. The van der Waals surface area contributed by atoms with Crippen LogP contribution >= 0.6 is 0 Å². The van der Waals surface area contributed by atoms with Crippen molar-refractivity contribution in [2.24, 2.45) is 5.73 Å². The van der Waals surface area contributed by atoms with Crippen LogP contribution in [0.1, 0.15) is 10.5 Å². The summed E-state index contributed by atoms with van der Waals surface area (Å²) in [5.74, 6) is -0.632. The fourth-order valence-corrected chi connectivity index (χ4v) is 1.55. The number of nitrogens with zero attached hydrogens (tertiary/aromatic N) is 1. The lowest BCUT2D eigenvalue weighted by Gasteiger charge is -2.05. The van der Waals surface area contributed by atoms with Crippen molar-refractivity contribution < 1.29 is 9.59 Å². The van der Waals surface area contributed by atoms with E-state index in [9.17, 15) is 9.59 Å². The Morgan fingerprint density at radius 2 is 2.00 bits per heavy atom. The molecule has 0 aliphatic carbocycles. The zero-order valence-corrected chi connectivity index (χ0v) is 8.81. The number of benzene rings is 1. The summed E-state index contributed by atoms with van der Waals surface area (Å²) in [6.45, 7) is 0. The number of hydrogen-bond donors (Lipinski definition) is 3. The van der Waals surface area contributed by atoms with E-state index in [-0.39, 0.29) is 5.69 Å². The number of rotatable bonds is 1. The lowest BCUT2D eigenvalue weighted by atomic mass is 10.1. The first kappa shape index (κ1) is 10.9. The van der Waals surface area contributed by atoms with Crippen LogP contribution in [0.15, 0.2) is 30.5 Å². The third kappa shape index (κ3) is 2.15. The van der Waals surface area contributed by atoms with Crippen LogP contribution in [0.25, 0.3) is 10.8 Å². The Labute approximate surface area is 96.6 Å². The van der Waals surface area contributed by atoms with Gasteiger partial charge in [0, 0.05) is 17.3 Å². The van der Waals surface area contributed by atoms with Gasteiger partial charge in [-0.25, -0.2) is 4.79 Å². The van der Waals surface area contributed by atoms with Gasteiger partial charge in [-0.2, -0.15) is 0 Å². The predicted molar refractivity (Wildman–Crippen MR) is 63.2 cm³/mol. The smallest absolute Gasteiger partial charge is 0.319 e. The van der Waals surface area contributed by atoms with Gasteiger partial charge in [0.15, 0.2) is 0 Å². The van der Waals surface area contributed by atoms with Gasteiger partial charge in [-0.1, -0.05) is 0 Å². The lowest BCUT2D eigenvalue weighted by Crippen LogP contribution is -2.35. The van der Waals surface area contributed by atoms with E-state index in [0.717, 1.165) is 5.39 Å². The molecule has 1 aromatic carbocycles. The first-order valence-electron chi connectivity index (χ1n) is 4.83. The van der Waals surface area contributed by atoms with E-state index in [1.165, 1.54) is 6.20 Å². The zero-order valence-electron chi connectivity index (χ0n) is 8.81. The van der Waals surface area contributed by atoms with Crippen LogP contribution < -0.4 is 16.8 Å². The Bertz CT molecular complexity index is 609. The van der Waals surface area contributed by atoms with Gasteiger partial charge in [0.2, 0.25) is 0 Å². The van der Waals surface area contributed by atoms with Gasteiger partial charge in [-0.05, 0) is 29.7 Å². The molecule has 0 radical (unpaired) electrons. The number of anilines is 1. The number of carbonyl (C=O) groups excluding carboxylic acids is 2. The Balaban J connectivity index is 2.54. The number of hydrogen-bond acceptors (Lipinski definition) is 4. The number of imide groups is 1. The van der Waals surface area contributed by atoms with Crippen molar-refractivity contribution in [3.8, 4) is 0 Å². The van der Waals surface area contributed by atoms with Crippen molar-refractivity contribution in [1.82, 2.24) is 10.3 Å². The molecule has 0 saturated carbocycles. The Morgan fingerprint density at radius 3 is 2.71 bits per heavy atom. The van der Waals surface area contributed by atoms with Crippen LogP contribution in [-0.4, -0.2) is 16.9 Å². The minimum absolute atomic E-state index is 0.140. The number of primary amides is 1. The molecule has 86 valence electrons. The number of nitrogens with two attached hydrogens (primary N) is 2. The van der Waals surface area contributed by atoms with E-state index in [2.05, 4.69) is 4.98 Å². The standard InChI is InChI=1S/C11H10N4O2/c12-7-1-2-8-6(5-7)3-4-14-9(8)10(16)15-11(13)17/h1-5H,12H2,(H3,13,15,16,17). The summed E-state index contributed by atoms with van der Waals surface area (Å²) in [4.78, 5) is 26.2. The van der Waals surface area contributed by atoms with Crippen LogP contribution in [0.4, 0.5) is 10.5 Å². The number of pyridine rings is 1. The zero-order chi connectivity index (χ0) is 12.4. The molecular weight excluding hydrogens is 220 g/mol. The van der Waals surface area contributed by atoms with Crippen LogP contribution in [-0.2, 0) is 0 Å². The molecule has 1 aromatic heterocycles. The Morgan fingerprint density at radius 1 is 1.24 bits per heavy atom. The fourth-order valence-electron chi connectivity index (χ4n) is 1.55. The minimum Gasteiger partial charge on any atom is -0.399 e. The summed E-state index contributed by atoms with van der Waals surface area (Å²) >= 11 is 0. The molecule has 2 rings (SSSR count). The summed E-state index contributed by atoms with van der Waals surface area (Å²) in [7, 11) is 0. The second-order valence-electron chi connectivity index (χ2n) is 3.46. The maximum atomic E-state index is 11.6. The number of amides is 3. The van der Waals surface area contributed by atoms with Crippen molar-refractivity contribution >= 4 is 28.4 Å². The van der Waals surface area contributed by atoms with E-state index in [1.54, 1.807) is 24.3 Å². The van der Waals surface area contributed by atoms with Gasteiger partial charge < -0.3 is 11.5 Å². The number of nitrogen functional groups attached to an aromatic ring is 1. The molecule has 0 atom stereocenters. The van der Waals surface area contributed by atoms with Crippen LogP contribution in [0.2, 0.25) is 0 Å². The molecule has 6 heteroatoms. The molecule has 0 bridgehead atoms. The fraction of sp³-hybridized carbons (Fsp3) is 0. The monoisotopic (exact) mass is 230 g/mol. The van der Waals surface area contributed by atoms with E-state index < -0.39 is 11.9 Å². The molecule has 0 saturated heterocycles. The highest BCUT2D eigenvalue weighted by Gasteiger charge is 2.12. The largest absolute Gasteiger partial charge is 0.399 e. The predicted octanol–water partition coefficient (Wildman–Crippen LogP) is 0.625. The van der Waals surface area contributed by atoms with Crippen molar-refractivity contribution in [2.45, 2.75) is 0 Å². The molecule has 1 heterocycles. The highest BCUT2D eigenvalue weighted by molar-refractivity contribution is 6.10. The van der Waals surface area contributed by atoms with Crippen LogP contribution in [0.5, 0.6) is 0 Å². The molecule has 3 amide bonds. The second kappa shape index (κ2) is 4.09. The van der Waals surface area contributed by atoms with Crippen molar-refractivity contribution in [1.29, 1.82) is 0 Å². The van der Waals surface area contributed by atoms with Crippen LogP contribution in [0.3, 0.4) is 0 Å². The maximum Gasteiger partial charge on any atom is 0.319 e. The SMILES string of the molecule is NC(=O)NC(=O)c1nccc2cc(N)ccc12. The molecule has 0 aliphatic rings. The molecule has 17 heavy (non-hydrogen) atoms. The van der Waals surface area contributed by atoms with Gasteiger partial charge in [0.25, 0.3) is 5.91 Å². The lowest BCUT2D eigenvalue weighted by molar-refractivity contribution is 0.0963. The number of nitrogens with one attached hydrogen (secondary N) is 1. The van der Waals surface area contributed by atoms with E-state index >= 15 is 0 Å². The summed E-state index contributed by atoms with van der Waals surface area (Å²) in [6.07, 6.45) is 1.47. The third-order valence-electron chi connectivity index (χ3n) is 2.24. The molecule has 0 aliphatic heterocycles. The van der Waals surface area contributed by atoms with Crippen molar-refractivity contribution in [2.75, 3.05) is 5.73 Å². The van der Waals surface area contributed by atoms with Gasteiger partial charge in [0.1, 0.15) is 5.69 Å². The van der Waals surface area contributed by atoms with E-state index in [4.69, 9.17) is 11.5 Å². The maximum absolute atomic E-state index is 11.6. The molecular formula is C11H10N4O2. The number of fused-ring (bicyclic) bond motifs is 1. The first-order valence-corrected chi connectivity index (χ1v) is 4.83. The van der Waals surface area contributed by atoms with Crippen molar-refractivity contribution in [3.63, 3.8) is 0 Å². The van der Waals surface area contributed by atoms with E-state index in [1.807, 2.05) is 5.32 Å². The normalized spacial score (nSPS) is 10.1. The summed E-state index contributed by atoms with van der Waals surface area (Å²) < 4.78 is 0. The first-order chi connectivity index (χ1) is 8.08. The topological polar surface area (TPSA) is 111 Å². The summed E-state index contributed by atoms with van der Waals surface area (Å²) in [6, 6.07) is 5.87. The molecule has 0 spiro atoms. The third-order valence-corrected chi connectivity index (χ3v) is 2.24. The molecule has 0 fully saturated rings. The van der Waals surface area contributed by atoms with Gasteiger partial charge in [0.05, 0.1) is 0 Å². The number of aromatic nitrogens is 1. The summed E-state index contributed by atoms with van der Waals surface area (Å²) in [5, 5.41) is 3.36. The van der Waals surface area contributed by atoms with E-state index in [0.29, 0.717) is 11.1 Å². The quantitative estimate of drug-likeness (QED) is 0.623. The molecule has 0 unspecified atom stereocenters. The Kier molecular flexibility index (Phi) is 2.61. The average molecular weight is 230 g/mol. The summed E-state index contributed by atoms with van der Waals surface area (Å²) in [5.41, 5.74) is 11.2. The van der Waals surface area contributed by atoms with Crippen molar-refractivity contribution in [3.05, 3.63) is 36.2 Å². The molecule has 5 N–H and O–H groups in total. The van der Waals surface area contributed by atoms with Gasteiger partial charge in [-0.3, -0.25) is 15.1 Å². The minimum atomic E-state index is -0.913. The highest BCUT2D eigenvalue weighted by atomic mass is 16.2. The van der Waals surface area contributed by atoms with Crippen LogP contribution in [0, 0.1) is 0 Å². The average Bonchev–Trinajstić information content (AvgIpc) is 2.26.